The number of nitrogens with zero attached hydrogens (tertiary/aromatic N) is 1. The molecule has 0 radical (unpaired) electrons. The topological polar surface area (TPSA) is 36.5 Å². The molecule has 0 amide bonds. The second kappa shape index (κ2) is 3.53. The first-order chi connectivity index (χ1) is 6.74. The Morgan fingerprint density at radius 1 is 1.64 bits per heavy atom. The maximum absolute atomic E-state index is 5.56. The molecule has 0 saturated heterocycles. The zero-order chi connectivity index (χ0) is 10.1. The van der Waals surface area contributed by atoms with Gasteiger partial charge in [0.25, 0.3) is 0 Å². The summed E-state index contributed by atoms with van der Waals surface area (Å²) >= 11 is 0. The Kier molecular flexibility index (Phi) is 2.37. The van der Waals surface area contributed by atoms with E-state index in [0.29, 0.717) is 6.61 Å². The third-order valence-electron chi connectivity index (χ3n) is 2.61. The predicted octanol–water partition coefficient (Wildman–Crippen LogP) is 0.560. The summed E-state index contributed by atoms with van der Waals surface area (Å²) < 4.78 is 5.56. The summed E-state index contributed by atoms with van der Waals surface area (Å²) in [6.45, 7) is 5.73. The summed E-state index contributed by atoms with van der Waals surface area (Å²) in [5.41, 5.74) is 2.45. The molecule has 4 heteroatoms. The smallest absolute Gasteiger partial charge is 0.208 e. The van der Waals surface area contributed by atoms with Crippen LogP contribution in [0, 0.1) is 0 Å². The van der Waals surface area contributed by atoms with Gasteiger partial charge in [0, 0.05) is 20.2 Å². The van der Waals surface area contributed by atoms with Crippen LogP contribution in [-0.4, -0.2) is 31.5 Å². The maximum atomic E-state index is 5.56. The summed E-state index contributed by atoms with van der Waals surface area (Å²) in [4.78, 5) is 2.09. The van der Waals surface area contributed by atoms with Crippen LogP contribution in [0.15, 0.2) is 23.2 Å². The van der Waals surface area contributed by atoms with Crippen molar-refractivity contribution in [2.24, 2.45) is 0 Å². The monoisotopic (exact) mass is 195 g/mol. The van der Waals surface area contributed by atoms with Crippen molar-refractivity contribution >= 4 is 0 Å². The van der Waals surface area contributed by atoms with Gasteiger partial charge in [0.2, 0.25) is 6.35 Å². The van der Waals surface area contributed by atoms with Gasteiger partial charge in [-0.25, -0.2) is 0 Å². The Hall–Kier alpha value is -1.16. The molecule has 0 saturated carbocycles. The van der Waals surface area contributed by atoms with Gasteiger partial charge >= 0.3 is 0 Å². The van der Waals surface area contributed by atoms with Crippen LogP contribution in [0.25, 0.3) is 0 Å². The van der Waals surface area contributed by atoms with E-state index in [1.807, 2.05) is 14.0 Å². The average Bonchev–Trinajstić information content (AvgIpc) is 2.48. The van der Waals surface area contributed by atoms with E-state index in [2.05, 4.69) is 28.5 Å². The highest BCUT2D eigenvalue weighted by Gasteiger charge is 2.30. The van der Waals surface area contributed by atoms with Crippen LogP contribution in [0.3, 0.4) is 0 Å². The van der Waals surface area contributed by atoms with Gasteiger partial charge in [-0.1, -0.05) is 6.08 Å². The molecule has 14 heavy (non-hydrogen) atoms. The molecule has 0 fully saturated rings. The molecule has 0 aromatic heterocycles. The van der Waals surface area contributed by atoms with E-state index < -0.39 is 0 Å². The van der Waals surface area contributed by atoms with E-state index in [-0.39, 0.29) is 6.35 Å². The highest BCUT2D eigenvalue weighted by atomic mass is 16.5. The van der Waals surface area contributed by atoms with Crippen molar-refractivity contribution in [1.82, 2.24) is 15.5 Å². The van der Waals surface area contributed by atoms with Crippen molar-refractivity contribution < 1.29 is 4.74 Å². The van der Waals surface area contributed by atoms with E-state index in [4.69, 9.17) is 4.74 Å². The first-order valence-electron chi connectivity index (χ1n) is 5.00. The number of ether oxygens (including phenoxy) is 1. The van der Waals surface area contributed by atoms with E-state index in [9.17, 15) is 0 Å². The minimum Gasteiger partial charge on any atom is -0.366 e. The molecular formula is C10H17N3O. The number of hydrogen-bond donors (Lipinski definition) is 2. The van der Waals surface area contributed by atoms with Crippen LogP contribution in [0.4, 0.5) is 0 Å². The first kappa shape index (κ1) is 9.40. The van der Waals surface area contributed by atoms with Gasteiger partial charge in [0.1, 0.15) is 5.82 Å². The van der Waals surface area contributed by atoms with Crippen LogP contribution >= 0.6 is 0 Å². The van der Waals surface area contributed by atoms with Gasteiger partial charge in [-0.3, -0.25) is 0 Å². The molecule has 4 nitrogen and oxygen atoms in total. The molecule has 1 unspecified atom stereocenters. The fourth-order valence-corrected chi connectivity index (χ4v) is 1.81. The summed E-state index contributed by atoms with van der Waals surface area (Å²) in [7, 11) is 2.03. The molecular weight excluding hydrogens is 178 g/mol. The third kappa shape index (κ3) is 1.35. The van der Waals surface area contributed by atoms with E-state index >= 15 is 0 Å². The maximum Gasteiger partial charge on any atom is 0.208 e. The molecule has 0 aromatic carbocycles. The Bertz CT molecular complexity index is 296. The molecule has 2 rings (SSSR count). The number of hydrogen-bond acceptors (Lipinski definition) is 4. The second-order valence-corrected chi connectivity index (χ2v) is 3.55. The summed E-state index contributed by atoms with van der Waals surface area (Å²) in [6, 6.07) is 0. The molecule has 0 aromatic rings. The fourth-order valence-electron chi connectivity index (χ4n) is 1.81. The largest absolute Gasteiger partial charge is 0.366 e. The summed E-state index contributed by atoms with van der Waals surface area (Å²) in [6.07, 6.45) is 2.15. The Labute approximate surface area is 84.6 Å². The molecule has 2 heterocycles. The van der Waals surface area contributed by atoms with Crippen LogP contribution in [0.1, 0.15) is 13.8 Å². The molecule has 78 valence electrons. The van der Waals surface area contributed by atoms with Crippen molar-refractivity contribution in [3.05, 3.63) is 23.2 Å². The van der Waals surface area contributed by atoms with Crippen molar-refractivity contribution in [1.29, 1.82) is 0 Å². The molecule has 2 N–H and O–H groups in total. The summed E-state index contributed by atoms with van der Waals surface area (Å²) in [5.74, 6) is 1.14. The SMILES string of the molecule is CCOC1NC2=C(NCC=C2C)N1C. The molecule has 2 aliphatic rings. The molecule has 0 aliphatic carbocycles. The van der Waals surface area contributed by atoms with Crippen molar-refractivity contribution in [3.63, 3.8) is 0 Å². The molecule has 0 spiro atoms. The zero-order valence-electron chi connectivity index (χ0n) is 8.92. The van der Waals surface area contributed by atoms with Crippen LogP contribution in [0.5, 0.6) is 0 Å². The Morgan fingerprint density at radius 3 is 3.07 bits per heavy atom. The van der Waals surface area contributed by atoms with Crippen molar-refractivity contribution in [2.45, 2.75) is 20.2 Å². The lowest BCUT2D eigenvalue weighted by Gasteiger charge is -2.24. The van der Waals surface area contributed by atoms with Gasteiger partial charge in [-0.15, -0.1) is 0 Å². The Balaban J connectivity index is 2.17. The third-order valence-corrected chi connectivity index (χ3v) is 2.61. The van der Waals surface area contributed by atoms with Gasteiger partial charge in [-0.2, -0.15) is 0 Å². The standard InChI is InChI=1S/C10H17N3O/c1-4-14-10-12-8-7(2)5-6-11-9(8)13(10)3/h5,10-12H,4,6H2,1-3H3. The molecule has 0 bridgehead atoms. The second-order valence-electron chi connectivity index (χ2n) is 3.55. The Morgan fingerprint density at radius 2 is 2.43 bits per heavy atom. The minimum atomic E-state index is -0.0288. The van der Waals surface area contributed by atoms with Crippen molar-refractivity contribution in [3.8, 4) is 0 Å². The number of nitrogens with one attached hydrogen (secondary N) is 2. The zero-order valence-corrected chi connectivity index (χ0v) is 8.92. The van der Waals surface area contributed by atoms with Gasteiger partial charge in [-0.05, 0) is 19.4 Å². The quantitative estimate of drug-likeness (QED) is 0.675. The lowest BCUT2D eigenvalue weighted by molar-refractivity contribution is -0.0300. The van der Waals surface area contributed by atoms with Gasteiger partial charge < -0.3 is 20.3 Å². The lowest BCUT2D eigenvalue weighted by Crippen LogP contribution is -2.39. The minimum absolute atomic E-state index is 0.0288. The normalized spacial score (nSPS) is 25.5. The number of rotatable bonds is 2. The van der Waals surface area contributed by atoms with Crippen LogP contribution < -0.4 is 10.6 Å². The predicted molar refractivity (Wildman–Crippen MR) is 55.1 cm³/mol. The molecule has 1 atom stereocenters. The fraction of sp³-hybridized carbons (Fsp3) is 0.600. The van der Waals surface area contributed by atoms with Crippen LogP contribution in [0.2, 0.25) is 0 Å². The van der Waals surface area contributed by atoms with E-state index in [0.717, 1.165) is 18.1 Å². The number of dihydropyridines is 1. The van der Waals surface area contributed by atoms with E-state index in [1.165, 1.54) is 5.57 Å². The van der Waals surface area contributed by atoms with E-state index in [1.54, 1.807) is 0 Å². The highest BCUT2D eigenvalue weighted by molar-refractivity contribution is 5.37. The molecule has 2 aliphatic heterocycles. The van der Waals surface area contributed by atoms with Gasteiger partial charge in [0.05, 0.1) is 5.70 Å². The van der Waals surface area contributed by atoms with Gasteiger partial charge in [0.15, 0.2) is 0 Å². The summed E-state index contributed by atoms with van der Waals surface area (Å²) in [5, 5.41) is 6.68. The van der Waals surface area contributed by atoms with Crippen LogP contribution in [-0.2, 0) is 4.74 Å². The number of allylic oxidation sites excluding steroid dienone is 1. The first-order valence-corrected chi connectivity index (χ1v) is 5.00. The highest BCUT2D eigenvalue weighted by Crippen LogP contribution is 2.24. The van der Waals surface area contributed by atoms with Crippen molar-refractivity contribution in [2.75, 3.05) is 20.2 Å². The lowest BCUT2D eigenvalue weighted by atomic mass is 10.1. The average molecular weight is 195 g/mol.